The number of aromatic nitrogens is 5. The third kappa shape index (κ3) is 4.25. The summed E-state index contributed by atoms with van der Waals surface area (Å²) >= 11 is 0. The van der Waals surface area contributed by atoms with Crippen LogP contribution in [0.25, 0.3) is 10.9 Å². The summed E-state index contributed by atoms with van der Waals surface area (Å²) in [5.41, 5.74) is 1.86. The molecule has 0 unspecified atom stereocenters. The van der Waals surface area contributed by atoms with Gasteiger partial charge in [0.25, 0.3) is 11.5 Å². The molecule has 1 aliphatic rings. The summed E-state index contributed by atoms with van der Waals surface area (Å²) in [6.07, 6.45) is 1.50. The van der Waals surface area contributed by atoms with Gasteiger partial charge in [-0.2, -0.15) is 0 Å². The summed E-state index contributed by atoms with van der Waals surface area (Å²) in [6.45, 7) is 10.2. The van der Waals surface area contributed by atoms with Gasteiger partial charge in [-0.3, -0.25) is 14.5 Å². The summed E-state index contributed by atoms with van der Waals surface area (Å²) in [5.74, 6) is 0.790. The Balaban J connectivity index is 1.54. The first-order valence-corrected chi connectivity index (χ1v) is 11.7. The van der Waals surface area contributed by atoms with E-state index in [0.717, 1.165) is 16.5 Å². The molecule has 1 N–H and O–H groups in total. The molecule has 1 amide bonds. The van der Waals surface area contributed by atoms with Gasteiger partial charge in [0.05, 0.1) is 17.3 Å². The van der Waals surface area contributed by atoms with Crippen molar-refractivity contribution in [3.63, 3.8) is 0 Å². The number of nitrogens with zero attached hydrogens (tertiary/aromatic N) is 6. The Morgan fingerprint density at radius 1 is 1.11 bits per heavy atom. The van der Waals surface area contributed by atoms with E-state index in [1.54, 1.807) is 21.7 Å². The number of benzene rings is 1. The number of aryl methyl sites for hydroxylation is 1. The highest BCUT2D eigenvalue weighted by atomic mass is 16.3. The maximum atomic E-state index is 13.4. The van der Waals surface area contributed by atoms with Crippen molar-refractivity contribution in [1.82, 2.24) is 35.0 Å². The molecule has 1 aliphatic heterocycles. The molecule has 1 fully saturated rings. The molecule has 4 aromatic rings. The zero-order valence-electron chi connectivity index (χ0n) is 20.4. The summed E-state index contributed by atoms with van der Waals surface area (Å²) in [5, 5.41) is 13.5. The van der Waals surface area contributed by atoms with Gasteiger partial charge in [-0.25, -0.2) is 4.68 Å². The second-order valence-corrected chi connectivity index (χ2v) is 9.92. The first-order chi connectivity index (χ1) is 16.7. The van der Waals surface area contributed by atoms with Gasteiger partial charge in [0.15, 0.2) is 11.6 Å². The lowest BCUT2D eigenvalue weighted by Gasteiger charge is -2.39. The molecule has 10 heteroatoms. The van der Waals surface area contributed by atoms with E-state index in [-0.39, 0.29) is 17.0 Å². The number of furan rings is 1. The van der Waals surface area contributed by atoms with Crippen LogP contribution in [0.5, 0.6) is 0 Å². The Hall–Kier alpha value is -3.79. The minimum atomic E-state index is -0.473. The fourth-order valence-electron chi connectivity index (χ4n) is 4.68. The lowest BCUT2D eigenvalue weighted by Crippen LogP contribution is -2.51. The molecule has 10 nitrogen and oxygen atoms in total. The van der Waals surface area contributed by atoms with Crippen molar-refractivity contribution >= 4 is 16.8 Å². The second-order valence-electron chi connectivity index (χ2n) is 9.92. The highest BCUT2D eigenvalue weighted by Crippen LogP contribution is 2.30. The number of H-pyrrole nitrogens is 1. The van der Waals surface area contributed by atoms with E-state index in [0.29, 0.717) is 43.3 Å². The average Bonchev–Trinajstić information content (AvgIpc) is 3.53. The molecule has 3 aromatic heterocycles. The Kier molecular flexibility index (Phi) is 5.76. The monoisotopic (exact) mass is 475 g/mol. The number of carbonyl (C=O) groups excluding carboxylic acids is 1. The fourth-order valence-corrected chi connectivity index (χ4v) is 4.68. The largest absolute Gasteiger partial charge is 0.459 e. The molecule has 0 radical (unpaired) electrons. The van der Waals surface area contributed by atoms with Crippen molar-refractivity contribution in [3.05, 3.63) is 75.7 Å². The van der Waals surface area contributed by atoms with Crippen LogP contribution < -0.4 is 5.56 Å². The Morgan fingerprint density at radius 3 is 2.57 bits per heavy atom. The van der Waals surface area contributed by atoms with E-state index in [1.807, 2.05) is 52.0 Å². The van der Waals surface area contributed by atoms with E-state index in [9.17, 15) is 9.59 Å². The van der Waals surface area contributed by atoms with Crippen molar-refractivity contribution in [3.8, 4) is 0 Å². The number of hydrogen-bond acceptors (Lipinski definition) is 7. The summed E-state index contributed by atoms with van der Waals surface area (Å²) in [6, 6.07) is 10.8. The lowest BCUT2D eigenvalue weighted by atomic mass is 10.00. The Morgan fingerprint density at radius 2 is 1.89 bits per heavy atom. The predicted molar refractivity (Wildman–Crippen MR) is 130 cm³/mol. The molecule has 1 saturated heterocycles. The van der Waals surface area contributed by atoms with E-state index in [1.165, 1.54) is 6.26 Å². The van der Waals surface area contributed by atoms with Gasteiger partial charge < -0.3 is 14.3 Å². The van der Waals surface area contributed by atoms with E-state index < -0.39 is 6.04 Å². The number of pyridine rings is 1. The third-order valence-corrected chi connectivity index (χ3v) is 6.48. The minimum absolute atomic E-state index is 0.134. The van der Waals surface area contributed by atoms with Crippen LogP contribution in [-0.2, 0) is 5.54 Å². The van der Waals surface area contributed by atoms with Crippen molar-refractivity contribution in [2.45, 2.75) is 39.3 Å². The van der Waals surface area contributed by atoms with E-state index in [4.69, 9.17) is 4.42 Å². The predicted octanol–water partition coefficient (Wildman–Crippen LogP) is 2.72. The normalized spacial score (nSPS) is 16.1. The van der Waals surface area contributed by atoms with Gasteiger partial charge in [0.1, 0.15) is 6.04 Å². The SMILES string of the molecule is Cc1cccc2cc([C@H](c3nnnn3C(C)(C)C)N3CCN(C(=O)c4ccco4)CC3)c(=O)[nH]c12. The Bertz CT molecular complexity index is 1410. The van der Waals surface area contributed by atoms with E-state index in [2.05, 4.69) is 25.4 Å². The molecule has 0 aliphatic carbocycles. The van der Waals surface area contributed by atoms with Crippen LogP contribution in [0, 0.1) is 6.92 Å². The van der Waals surface area contributed by atoms with Crippen LogP contribution in [0.1, 0.15) is 54.3 Å². The molecule has 0 spiro atoms. The molecule has 1 atom stereocenters. The number of nitrogens with one attached hydrogen (secondary N) is 1. The molecule has 0 bridgehead atoms. The molecular weight excluding hydrogens is 446 g/mol. The summed E-state index contributed by atoms with van der Waals surface area (Å²) in [4.78, 5) is 33.2. The second kappa shape index (κ2) is 8.77. The van der Waals surface area contributed by atoms with Gasteiger partial charge in [-0.1, -0.05) is 18.2 Å². The summed E-state index contributed by atoms with van der Waals surface area (Å²) < 4.78 is 7.07. The maximum absolute atomic E-state index is 13.4. The number of para-hydroxylation sites is 1. The van der Waals surface area contributed by atoms with Gasteiger partial charge in [0.2, 0.25) is 0 Å². The van der Waals surface area contributed by atoms with Crippen molar-refractivity contribution < 1.29 is 9.21 Å². The number of tetrazole rings is 1. The first kappa shape index (κ1) is 23.0. The average molecular weight is 476 g/mol. The van der Waals surface area contributed by atoms with Crippen molar-refractivity contribution in [1.29, 1.82) is 0 Å². The molecule has 0 saturated carbocycles. The summed E-state index contributed by atoms with van der Waals surface area (Å²) in [7, 11) is 0. The third-order valence-electron chi connectivity index (χ3n) is 6.48. The standard InChI is InChI=1S/C25H29N7O3/c1-16-7-5-8-17-15-18(23(33)26-20(16)17)21(22-27-28-29-32(22)25(2,3)4)30-10-12-31(13-11-30)24(34)19-9-6-14-35-19/h5-9,14-15,21H,10-13H2,1-4H3,(H,26,33)/t21-/m1/s1. The minimum Gasteiger partial charge on any atom is -0.459 e. The van der Waals surface area contributed by atoms with Crippen LogP contribution in [0.2, 0.25) is 0 Å². The van der Waals surface area contributed by atoms with Crippen LogP contribution in [0.4, 0.5) is 0 Å². The van der Waals surface area contributed by atoms with Gasteiger partial charge in [0, 0.05) is 31.7 Å². The van der Waals surface area contributed by atoms with Gasteiger partial charge in [-0.15, -0.1) is 5.10 Å². The van der Waals surface area contributed by atoms with Crippen LogP contribution in [0.15, 0.2) is 51.9 Å². The van der Waals surface area contributed by atoms with Gasteiger partial charge in [-0.05, 0) is 67.3 Å². The van der Waals surface area contributed by atoms with Crippen molar-refractivity contribution in [2.24, 2.45) is 0 Å². The maximum Gasteiger partial charge on any atom is 0.289 e. The number of fused-ring (bicyclic) bond motifs is 1. The number of carbonyl (C=O) groups is 1. The molecule has 4 heterocycles. The smallest absolute Gasteiger partial charge is 0.289 e. The molecular formula is C25H29N7O3. The van der Waals surface area contributed by atoms with Crippen LogP contribution >= 0.6 is 0 Å². The highest BCUT2D eigenvalue weighted by Gasteiger charge is 2.36. The quantitative estimate of drug-likeness (QED) is 0.483. The first-order valence-electron chi connectivity index (χ1n) is 11.7. The molecule has 35 heavy (non-hydrogen) atoms. The zero-order valence-corrected chi connectivity index (χ0v) is 20.4. The highest BCUT2D eigenvalue weighted by molar-refractivity contribution is 5.91. The van der Waals surface area contributed by atoms with Crippen LogP contribution in [-0.4, -0.2) is 67.1 Å². The zero-order chi connectivity index (χ0) is 24.7. The number of piperazine rings is 1. The lowest BCUT2D eigenvalue weighted by molar-refractivity contribution is 0.0555. The fraction of sp³-hybridized carbons (Fsp3) is 0.400. The van der Waals surface area contributed by atoms with Gasteiger partial charge >= 0.3 is 0 Å². The molecule has 182 valence electrons. The number of rotatable bonds is 4. The number of aromatic amines is 1. The van der Waals surface area contributed by atoms with Crippen molar-refractivity contribution in [2.75, 3.05) is 26.2 Å². The number of hydrogen-bond donors (Lipinski definition) is 1. The van der Waals surface area contributed by atoms with E-state index >= 15 is 0 Å². The topological polar surface area (TPSA) is 113 Å². The molecule has 1 aromatic carbocycles. The van der Waals surface area contributed by atoms with Crippen LogP contribution in [0.3, 0.4) is 0 Å². The Labute approximate surface area is 202 Å². The molecule has 5 rings (SSSR count). The number of amides is 1.